The summed E-state index contributed by atoms with van der Waals surface area (Å²) in [5.41, 5.74) is 2.12. The zero-order valence-electron chi connectivity index (χ0n) is 19.3. The van der Waals surface area contributed by atoms with Gasteiger partial charge in [0.05, 0.1) is 25.3 Å². The van der Waals surface area contributed by atoms with E-state index >= 15 is 0 Å². The number of hydrogen-bond acceptors (Lipinski definition) is 4. The summed E-state index contributed by atoms with van der Waals surface area (Å²) in [6, 6.07) is 2.02. The Bertz CT molecular complexity index is 812. The highest BCUT2D eigenvalue weighted by Crippen LogP contribution is 2.62. The lowest BCUT2D eigenvalue weighted by Crippen LogP contribution is -2.53. The van der Waals surface area contributed by atoms with E-state index in [1.54, 1.807) is 25.1 Å². The van der Waals surface area contributed by atoms with E-state index in [1.807, 2.05) is 6.07 Å². The minimum Gasteiger partial charge on any atom is -0.469 e. The van der Waals surface area contributed by atoms with Crippen molar-refractivity contribution in [2.24, 2.45) is 22.7 Å². The van der Waals surface area contributed by atoms with Crippen LogP contribution in [0.5, 0.6) is 0 Å². The number of ether oxygens (including phenoxy) is 1. The van der Waals surface area contributed by atoms with Gasteiger partial charge in [0.2, 0.25) is 5.91 Å². The SMILES string of the molecule is C=C1CCC2[C@](C)(CCC[C@]2(C)C(=O)OC)[C@H]1CCc1ccoc1CN(C)C(C)=O. The minimum absolute atomic E-state index is 0.0256. The maximum atomic E-state index is 12.7. The van der Waals surface area contributed by atoms with Gasteiger partial charge in [0, 0.05) is 14.0 Å². The number of hydrogen-bond donors (Lipinski definition) is 0. The molecule has 5 nitrogen and oxygen atoms in total. The highest BCUT2D eigenvalue weighted by molar-refractivity contribution is 5.77. The molecule has 30 heavy (non-hydrogen) atoms. The van der Waals surface area contributed by atoms with Crippen molar-refractivity contribution in [3.8, 4) is 0 Å². The predicted octanol–water partition coefficient (Wildman–Crippen LogP) is 5.14. The molecule has 2 aliphatic carbocycles. The Hall–Kier alpha value is -2.04. The summed E-state index contributed by atoms with van der Waals surface area (Å²) >= 11 is 0. The molecule has 0 aliphatic heterocycles. The monoisotopic (exact) mass is 415 g/mol. The zero-order valence-corrected chi connectivity index (χ0v) is 19.3. The summed E-state index contributed by atoms with van der Waals surface area (Å²) in [7, 11) is 3.30. The zero-order chi connectivity index (χ0) is 22.1. The third kappa shape index (κ3) is 3.95. The van der Waals surface area contributed by atoms with Crippen LogP contribution in [0.4, 0.5) is 0 Å². The Kier molecular flexibility index (Phi) is 6.49. The lowest BCUT2D eigenvalue weighted by Gasteiger charge is -2.57. The average molecular weight is 416 g/mol. The van der Waals surface area contributed by atoms with Gasteiger partial charge in [0.25, 0.3) is 0 Å². The first-order valence-corrected chi connectivity index (χ1v) is 11.2. The molecule has 2 fully saturated rings. The van der Waals surface area contributed by atoms with Crippen LogP contribution in [0.1, 0.15) is 70.6 Å². The minimum atomic E-state index is -0.411. The first-order chi connectivity index (χ1) is 14.1. The summed E-state index contributed by atoms with van der Waals surface area (Å²) in [4.78, 5) is 26.0. The second kappa shape index (κ2) is 8.60. The number of furan rings is 1. The molecule has 2 aliphatic rings. The Morgan fingerprint density at radius 2 is 2.07 bits per heavy atom. The van der Waals surface area contributed by atoms with Crippen LogP contribution in [-0.4, -0.2) is 30.9 Å². The molecule has 5 heteroatoms. The Labute approximate surface area is 180 Å². The molecule has 3 rings (SSSR count). The molecule has 1 aromatic rings. The first-order valence-electron chi connectivity index (χ1n) is 11.2. The van der Waals surface area contributed by atoms with E-state index in [0.717, 1.165) is 56.3 Å². The van der Waals surface area contributed by atoms with Crippen LogP contribution in [0, 0.1) is 22.7 Å². The van der Waals surface area contributed by atoms with Crippen LogP contribution in [0.25, 0.3) is 0 Å². The lowest BCUT2D eigenvalue weighted by atomic mass is 9.46. The maximum Gasteiger partial charge on any atom is 0.311 e. The number of rotatable bonds is 6. The predicted molar refractivity (Wildman–Crippen MR) is 117 cm³/mol. The summed E-state index contributed by atoms with van der Waals surface area (Å²) in [6.07, 6.45) is 8.65. The molecule has 0 bridgehead atoms. The molecular weight excluding hydrogens is 378 g/mol. The third-order valence-corrected chi connectivity index (χ3v) is 8.13. The highest BCUT2D eigenvalue weighted by atomic mass is 16.5. The third-order valence-electron chi connectivity index (χ3n) is 8.13. The van der Waals surface area contributed by atoms with E-state index in [9.17, 15) is 9.59 Å². The molecule has 166 valence electrons. The second-order valence-corrected chi connectivity index (χ2v) is 9.85. The molecule has 0 N–H and O–H groups in total. The van der Waals surface area contributed by atoms with Gasteiger partial charge in [0.15, 0.2) is 0 Å². The van der Waals surface area contributed by atoms with Crippen LogP contribution in [0.2, 0.25) is 0 Å². The molecule has 0 spiro atoms. The molecular formula is C25H37NO4. The Morgan fingerprint density at radius 3 is 2.73 bits per heavy atom. The highest BCUT2D eigenvalue weighted by Gasteiger charge is 2.57. The van der Waals surface area contributed by atoms with Gasteiger partial charge in [-0.1, -0.05) is 25.5 Å². The second-order valence-electron chi connectivity index (χ2n) is 9.85. The van der Waals surface area contributed by atoms with Crippen molar-refractivity contribution in [1.82, 2.24) is 4.90 Å². The lowest BCUT2D eigenvalue weighted by molar-refractivity contribution is -0.168. The van der Waals surface area contributed by atoms with Gasteiger partial charge in [-0.15, -0.1) is 0 Å². The Morgan fingerprint density at radius 1 is 1.33 bits per heavy atom. The normalized spacial score (nSPS) is 31.2. The number of nitrogens with zero attached hydrogens (tertiary/aromatic N) is 1. The maximum absolute atomic E-state index is 12.7. The van der Waals surface area contributed by atoms with Crippen LogP contribution in [0.3, 0.4) is 0 Å². The van der Waals surface area contributed by atoms with Crippen molar-refractivity contribution in [2.45, 2.75) is 72.3 Å². The standard InChI is InChI=1S/C25H37NO4/c1-17-8-11-22-24(3,13-7-14-25(22,4)23(28)29-6)20(17)10-9-19-12-15-30-21(19)16-26(5)18(2)27/h12,15,20,22H,1,7-11,13-14,16H2,2-6H3/t20-,22?,24+,25-/m0/s1. The fraction of sp³-hybridized carbons (Fsp3) is 0.680. The van der Waals surface area contributed by atoms with Gasteiger partial charge in [-0.2, -0.15) is 0 Å². The number of methoxy groups -OCH3 is 1. The van der Waals surface area contributed by atoms with Crippen molar-refractivity contribution >= 4 is 11.9 Å². The molecule has 1 aromatic heterocycles. The number of amides is 1. The van der Waals surface area contributed by atoms with Gasteiger partial charge < -0.3 is 14.1 Å². The van der Waals surface area contributed by atoms with E-state index in [0.29, 0.717) is 18.4 Å². The van der Waals surface area contributed by atoms with E-state index < -0.39 is 5.41 Å². The van der Waals surface area contributed by atoms with Crippen molar-refractivity contribution in [3.63, 3.8) is 0 Å². The quantitative estimate of drug-likeness (QED) is 0.477. The van der Waals surface area contributed by atoms with E-state index in [1.165, 1.54) is 12.7 Å². The number of carbonyl (C=O) groups is 2. The van der Waals surface area contributed by atoms with Crippen molar-refractivity contribution in [3.05, 3.63) is 35.8 Å². The fourth-order valence-electron chi connectivity index (χ4n) is 6.31. The number of aryl methyl sites for hydroxylation is 1. The van der Waals surface area contributed by atoms with Crippen LogP contribution >= 0.6 is 0 Å². The topological polar surface area (TPSA) is 59.8 Å². The molecule has 1 heterocycles. The molecule has 1 amide bonds. The summed E-state index contributed by atoms with van der Waals surface area (Å²) in [6.45, 7) is 11.0. The van der Waals surface area contributed by atoms with E-state index in [4.69, 9.17) is 9.15 Å². The molecule has 0 saturated heterocycles. The largest absolute Gasteiger partial charge is 0.469 e. The summed E-state index contributed by atoms with van der Waals surface area (Å²) < 4.78 is 10.9. The number of fused-ring (bicyclic) bond motifs is 1. The van der Waals surface area contributed by atoms with Gasteiger partial charge in [0.1, 0.15) is 5.76 Å². The number of allylic oxidation sites excluding steroid dienone is 1. The number of carbonyl (C=O) groups excluding carboxylic acids is 2. The molecule has 0 radical (unpaired) electrons. The smallest absolute Gasteiger partial charge is 0.311 e. The summed E-state index contributed by atoms with van der Waals surface area (Å²) in [5.74, 6) is 1.51. The molecule has 4 atom stereocenters. The molecule has 0 aromatic carbocycles. The van der Waals surface area contributed by atoms with Crippen molar-refractivity contribution in [2.75, 3.05) is 14.2 Å². The van der Waals surface area contributed by atoms with Crippen molar-refractivity contribution in [1.29, 1.82) is 0 Å². The molecule has 1 unspecified atom stereocenters. The van der Waals surface area contributed by atoms with Crippen LogP contribution in [0.15, 0.2) is 28.9 Å². The van der Waals surface area contributed by atoms with Crippen LogP contribution < -0.4 is 0 Å². The van der Waals surface area contributed by atoms with Crippen LogP contribution in [-0.2, 0) is 27.3 Å². The van der Waals surface area contributed by atoms with Gasteiger partial charge >= 0.3 is 5.97 Å². The van der Waals surface area contributed by atoms with Gasteiger partial charge in [-0.3, -0.25) is 9.59 Å². The molecule has 2 saturated carbocycles. The van der Waals surface area contributed by atoms with E-state index in [2.05, 4.69) is 20.4 Å². The number of esters is 1. The Balaban J connectivity index is 1.79. The average Bonchev–Trinajstić information content (AvgIpc) is 3.13. The summed E-state index contributed by atoms with van der Waals surface area (Å²) in [5, 5.41) is 0. The van der Waals surface area contributed by atoms with E-state index in [-0.39, 0.29) is 17.3 Å². The van der Waals surface area contributed by atoms with Gasteiger partial charge in [-0.25, -0.2) is 0 Å². The van der Waals surface area contributed by atoms with Gasteiger partial charge in [-0.05, 0) is 74.3 Å². The first kappa shape index (κ1) is 22.6. The van der Waals surface area contributed by atoms with Crippen molar-refractivity contribution < 1.29 is 18.7 Å². The fourth-order valence-corrected chi connectivity index (χ4v) is 6.31.